The van der Waals surface area contributed by atoms with Gasteiger partial charge in [0.1, 0.15) is 5.01 Å². The molecule has 140 valence electrons. The summed E-state index contributed by atoms with van der Waals surface area (Å²) in [5, 5.41) is 24.0. The summed E-state index contributed by atoms with van der Waals surface area (Å²) in [5.41, 5.74) is -0.0607. The molecule has 1 amide bonds. The van der Waals surface area contributed by atoms with Crippen molar-refractivity contribution < 1.29 is 14.3 Å². The molecule has 0 aliphatic heterocycles. The highest BCUT2D eigenvalue weighted by atomic mass is 35.5. The summed E-state index contributed by atoms with van der Waals surface area (Å²) < 4.78 is 13.9. The zero-order valence-electron chi connectivity index (χ0n) is 14.0. The standard InChI is InChI=1S/C16H18ClFN4O2S2/c1-19-13(25)4-2-3-5-14-21-22-16(26-14)20-12(24)8-9-10(17)6-7-11(23)15(9)18/h6-7,23H,2-5,8H2,1H3,(H,19,25)(H,20,22,24). The smallest absolute Gasteiger partial charge is 0.230 e. The second-order valence-electron chi connectivity index (χ2n) is 5.47. The lowest BCUT2D eigenvalue weighted by Crippen LogP contribution is -2.15. The van der Waals surface area contributed by atoms with Crippen LogP contribution in [0.15, 0.2) is 12.1 Å². The van der Waals surface area contributed by atoms with E-state index >= 15 is 0 Å². The number of nitrogens with one attached hydrogen (secondary N) is 2. The molecule has 0 spiro atoms. The maximum atomic E-state index is 13.9. The molecule has 26 heavy (non-hydrogen) atoms. The average molecular weight is 417 g/mol. The van der Waals surface area contributed by atoms with Crippen molar-refractivity contribution in [3.63, 3.8) is 0 Å². The van der Waals surface area contributed by atoms with Crippen LogP contribution in [-0.2, 0) is 17.6 Å². The molecule has 0 saturated carbocycles. The molecule has 0 saturated heterocycles. The van der Waals surface area contributed by atoms with Crippen LogP contribution in [0.1, 0.15) is 29.8 Å². The number of nitrogens with zero attached hydrogens (tertiary/aromatic N) is 2. The number of phenolic OH excluding ortho intramolecular Hbond substituents is 1. The number of carbonyl (C=O) groups is 1. The van der Waals surface area contributed by atoms with Gasteiger partial charge in [-0.2, -0.15) is 0 Å². The minimum Gasteiger partial charge on any atom is -0.505 e. The quantitative estimate of drug-likeness (QED) is 0.451. The van der Waals surface area contributed by atoms with E-state index in [1.807, 2.05) is 0 Å². The number of amides is 1. The number of hydrogen-bond acceptors (Lipinski definition) is 6. The molecule has 2 aromatic rings. The Bertz CT molecular complexity index is 801. The van der Waals surface area contributed by atoms with E-state index in [0.717, 1.165) is 41.7 Å². The Morgan fingerprint density at radius 2 is 2.15 bits per heavy atom. The fourth-order valence-electron chi connectivity index (χ4n) is 2.16. The Kier molecular flexibility index (Phi) is 7.67. The van der Waals surface area contributed by atoms with Gasteiger partial charge in [0.05, 0.1) is 11.4 Å². The SMILES string of the molecule is CNC(=S)CCCCc1nnc(NC(=O)Cc2c(Cl)ccc(O)c2F)s1. The van der Waals surface area contributed by atoms with Gasteiger partial charge in [0.2, 0.25) is 11.0 Å². The maximum Gasteiger partial charge on any atom is 0.230 e. The topological polar surface area (TPSA) is 87.1 Å². The van der Waals surface area contributed by atoms with E-state index in [1.165, 1.54) is 17.4 Å². The zero-order valence-corrected chi connectivity index (χ0v) is 16.4. The summed E-state index contributed by atoms with van der Waals surface area (Å²) in [4.78, 5) is 12.9. The van der Waals surface area contributed by atoms with Crippen molar-refractivity contribution in [1.29, 1.82) is 0 Å². The number of halogens is 2. The van der Waals surface area contributed by atoms with Crippen LogP contribution < -0.4 is 10.6 Å². The highest BCUT2D eigenvalue weighted by molar-refractivity contribution is 7.80. The average Bonchev–Trinajstić information content (AvgIpc) is 3.06. The van der Waals surface area contributed by atoms with Gasteiger partial charge in [0.25, 0.3) is 0 Å². The van der Waals surface area contributed by atoms with Crippen molar-refractivity contribution in [3.05, 3.63) is 33.5 Å². The Balaban J connectivity index is 1.86. The predicted molar refractivity (Wildman–Crippen MR) is 105 cm³/mol. The lowest BCUT2D eigenvalue weighted by Gasteiger charge is -2.06. The molecular formula is C16H18ClFN4O2S2. The largest absolute Gasteiger partial charge is 0.505 e. The van der Waals surface area contributed by atoms with Gasteiger partial charge in [0.15, 0.2) is 11.6 Å². The van der Waals surface area contributed by atoms with Gasteiger partial charge in [-0.3, -0.25) is 4.79 Å². The number of aromatic nitrogens is 2. The molecule has 1 aromatic carbocycles. The van der Waals surface area contributed by atoms with Crippen LogP contribution in [0, 0.1) is 5.82 Å². The summed E-state index contributed by atoms with van der Waals surface area (Å²) in [6.07, 6.45) is 3.11. The Morgan fingerprint density at radius 1 is 1.38 bits per heavy atom. The lowest BCUT2D eigenvalue weighted by molar-refractivity contribution is -0.115. The first-order valence-electron chi connectivity index (χ1n) is 7.89. The van der Waals surface area contributed by atoms with Gasteiger partial charge >= 0.3 is 0 Å². The Labute approximate surface area is 164 Å². The summed E-state index contributed by atoms with van der Waals surface area (Å²) in [6.45, 7) is 0. The molecular weight excluding hydrogens is 399 g/mol. The van der Waals surface area contributed by atoms with E-state index in [1.54, 1.807) is 7.05 Å². The molecule has 3 N–H and O–H groups in total. The molecule has 0 fully saturated rings. The van der Waals surface area contributed by atoms with E-state index < -0.39 is 17.5 Å². The van der Waals surface area contributed by atoms with Gasteiger partial charge in [-0.15, -0.1) is 10.2 Å². The van der Waals surface area contributed by atoms with Crippen molar-refractivity contribution in [2.24, 2.45) is 0 Å². The summed E-state index contributed by atoms with van der Waals surface area (Å²) >= 11 is 12.2. The second kappa shape index (κ2) is 9.75. The molecule has 0 unspecified atom stereocenters. The molecule has 6 nitrogen and oxygen atoms in total. The number of benzene rings is 1. The molecule has 0 radical (unpaired) electrons. The van der Waals surface area contributed by atoms with Gasteiger partial charge in [0, 0.05) is 24.1 Å². The molecule has 0 aliphatic carbocycles. The molecule has 0 aliphatic rings. The van der Waals surface area contributed by atoms with Crippen molar-refractivity contribution in [3.8, 4) is 5.75 Å². The van der Waals surface area contributed by atoms with Gasteiger partial charge in [-0.25, -0.2) is 4.39 Å². The normalized spacial score (nSPS) is 10.6. The van der Waals surface area contributed by atoms with Crippen LogP contribution in [0.5, 0.6) is 5.75 Å². The lowest BCUT2D eigenvalue weighted by atomic mass is 10.1. The summed E-state index contributed by atoms with van der Waals surface area (Å²) in [7, 11) is 1.80. The van der Waals surface area contributed by atoms with Crippen LogP contribution in [0.3, 0.4) is 0 Å². The molecule has 2 rings (SSSR count). The number of aryl methyl sites for hydroxylation is 1. The number of phenols is 1. The zero-order chi connectivity index (χ0) is 19.1. The predicted octanol–water partition coefficient (Wildman–Crippen LogP) is 3.48. The van der Waals surface area contributed by atoms with E-state index in [0.29, 0.717) is 5.13 Å². The van der Waals surface area contributed by atoms with Crippen molar-refractivity contribution in [1.82, 2.24) is 15.5 Å². The Hall–Kier alpha value is -1.84. The van der Waals surface area contributed by atoms with E-state index in [-0.39, 0.29) is 17.0 Å². The highest BCUT2D eigenvalue weighted by Crippen LogP contribution is 2.27. The third-order valence-electron chi connectivity index (χ3n) is 3.54. The summed E-state index contributed by atoms with van der Waals surface area (Å²) in [6, 6.07) is 2.48. The van der Waals surface area contributed by atoms with Crippen LogP contribution in [-0.4, -0.2) is 33.2 Å². The van der Waals surface area contributed by atoms with Crippen molar-refractivity contribution >= 4 is 51.2 Å². The van der Waals surface area contributed by atoms with Gasteiger partial charge in [-0.1, -0.05) is 35.2 Å². The number of hydrogen-bond donors (Lipinski definition) is 3. The fourth-order valence-corrected chi connectivity index (χ4v) is 3.32. The number of aromatic hydroxyl groups is 1. The highest BCUT2D eigenvalue weighted by Gasteiger charge is 2.16. The van der Waals surface area contributed by atoms with E-state index in [2.05, 4.69) is 20.8 Å². The minimum absolute atomic E-state index is 0.0607. The fraction of sp³-hybridized carbons (Fsp3) is 0.375. The number of anilines is 1. The van der Waals surface area contributed by atoms with Gasteiger partial charge < -0.3 is 15.7 Å². The maximum absolute atomic E-state index is 13.9. The first kappa shape index (κ1) is 20.5. The summed E-state index contributed by atoms with van der Waals surface area (Å²) in [5.74, 6) is -1.93. The Morgan fingerprint density at radius 3 is 2.88 bits per heavy atom. The number of thiocarbonyl (C=S) groups is 1. The van der Waals surface area contributed by atoms with Gasteiger partial charge in [-0.05, 0) is 31.4 Å². The number of unbranched alkanes of at least 4 members (excludes halogenated alkanes) is 1. The van der Waals surface area contributed by atoms with E-state index in [9.17, 15) is 14.3 Å². The first-order valence-corrected chi connectivity index (χ1v) is 9.49. The first-order chi connectivity index (χ1) is 12.4. The number of rotatable bonds is 8. The molecule has 0 atom stereocenters. The van der Waals surface area contributed by atoms with Crippen molar-refractivity contribution in [2.45, 2.75) is 32.1 Å². The molecule has 1 heterocycles. The van der Waals surface area contributed by atoms with E-state index in [4.69, 9.17) is 23.8 Å². The number of carbonyl (C=O) groups excluding carboxylic acids is 1. The third kappa shape index (κ3) is 5.86. The molecule has 1 aromatic heterocycles. The monoisotopic (exact) mass is 416 g/mol. The van der Waals surface area contributed by atoms with Crippen LogP contribution in [0.2, 0.25) is 5.02 Å². The van der Waals surface area contributed by atoms with Crippen molar-refractivity contribution in [2.75, 3.05) is 12.4 Å². The molecule has 0 bridgehead atoms. The van der Waals surface area contributed by atoms with Crippen LogP contribution in [0.4, 0.5) is 9.52 Å². The third-order valence-corrected chi connectivity index (χ3v) is 5.20. The van der Waals surface area contributed by atoms with Crippen LogP contribution >= 0.6 is 35.2 Å². The van der Waals surface area contributed by atoms with Crippen LogP contribution in [0.25, 0.3) is 0 Å². The molecule has 10 heteroatoms. The second-order valence-corrected chi connectivity index (χ2v) is 7.43. The minimum atomic E-state index is -0.898.